The predicted octanol–water partition coefficient (Wildman–Crippen LogP) is 1.22. The van der Waals surface area contributed by atoms with Gasteiger partial charge in [0.15, 0.2) is 5.82 Å². The second kappa shape index (κ2) is 7.75. The minimum atomic E-state index is -0.588. The highest BCUT2D eigenvalue weighted by Crippen LogP contribution is 2.11. The summed E-state index contributed by atoms with van der Waals surface area (Å²) in [5, 5.41) is 10.4. The molecule has 0 atom stereocenters. The van der Waals surface area contributed by atoms with Crippen LogP contribution in [0.1, 0.15) is 11.5 Å². The highest BCUT2D eigenvalue weighted by Gasteiger charge is 2.10. The van der Waals surface area contributed by atoms with Gasteiger partial charge < -0.3 is 20.0 Å². The first-order valence-corrected chi connectivity index (χ1v) is 6.74. The first-order valence-electron chi connectivity index (χ1n) is 6.34. The maximum Gasteiger partial charge on any atom is 0.274 e. The lowest BCUT2D eigenvalue weighted by Gasteiger charge is -2.17. The van der Waals surface area contributed by atoms with Gasteiger partial charge in [-0.1, -0.05) is 12.2 Å². The number of furan rings is 1. The van der Waals surface area contributed by atoms with Crippen LogP contribution in [0.2, 0.25) is 0 Å². The molecule has 0 amide bonds. The number of hydrogen-bond acceptors (Lipinski definition) is 7. The van der Waals surface area contributed by atoms with Crippen LogP contribution in [0, 0.1) is 10.1 Å². The molecular weight excluding hydrogens is 292 g/mol. The standard InChI is InChI=1S/C13H20N4O3S/c1-15(2)7-11-5-4-10(20-11)6-12(21)8-16(3)13(14)9-17(18)19/h4-5,9H,6-8,14H2,1-3H3. The third-order valence-electron chi connectivity index (χ3n) is 2.65. The van der Waals surface area contributed by atoms with E-state index in [2.05, 4.69) is 0 Å². The molecule has 7 nitrogen and oxygen atoms in total. The van der Waals surface area contributed by atoms with Crippen molar-refractivity contribution in [1.82, 2.24) is 9.80 Å². The molecule has 1 heterocycles. The maximum atomic E-state index is 10.4. The van der Waals surface area contributed by atoms with E-state index in [1.807, 2.05) is 31.1 Å². The van der Waals surface area contributed by atoms with Gasteiger partial charge in [-0.2, -0.15) is 0 Å². The molecule has 0 fully saturated rings. The van der Waals surface area contributed by atoms with Gasteiger partial charge in [-0.05, 0) is 26.2 Å². The van der Waals surface area contributed by atoms with Crippen LogP contribution in [0.15, 0.2) is 28.6 Å². The summed E-state index contributed by atoms with van der Waals surface area (Å²) in [5.41, 5.74) is 5.58. The Morgan fingerprint density at radius 3 is 2.62 bits per heavy atom. The van der Waals surface area contributed by atoms with E-state index in [0.29, 0.717) is 17.8 Å². The predicted molar refractivity (Wildman–Crippen MR) is 84.3 cm³/mol. The van der Waals surface area contributed by atoms with Crippen molar-refractivity contribution in [2.45, 2.75) is 13.0 Å². The van der Waals surface area contributed by atoms with Crippen LogP contribution < -0.4 is 5.73 Å². The molecule has 0 bridgehead atoms. The number of nitro groups is 1. The van der Waals surface area contributed by atoms with Crippen molar-refractivity contribution in [1.29, 1.82) is 0 Å². The van der Waals surface area contributed by atoms with Gasteiger partial charge >= 0.3 is 0 Å². The molecule has 0 unspecified atom stereocenters. The fraction of sp³-hybridized carbons (Fsp3) is 0.462. The molecule has 0 radical (unpaired) electrons. The van der Waals surface area contributed by atoms with Crippen molar-refractivity contribution in [3.63, 3.8) is 0 Å². The number of rotatable bonds is 8. The topological polar surface area (TPSA) is 88.8 Å². The molecule has 0 spiro atoms. The minimum Gasteiger partial charge on any atom is -0.464 e. The molecule has 0 aliphatic carbocycles. The van der Waals surface area contributed by atoms with Crippen LogP contribution in [0.3, 0.4) is 0 Å². The smallest absolute Gasteiger partial charge is 0.274 e. The third kappa shape index (κ3) is 6.37. The van der Waals surface area contributed by atoms with Gasteiger partial charge in [-0.25, -0.2) is 0 Å². The first kappa shape index (κ1) is 17.1. The van der Waals surface area contributed by atoms with Crippen molar-refractivity contribution in [3.05, 3.63) is 45.8 Å². The molecule has 0 aromatic carbocycles. The molecule has 8 heteroatoms. The van der Waals surface area contributed by atoms with Gasteiger partial charge in [0.2, 0.25) is 0 Å². The lowest BCUT2D eigenvalue weighted by Crippen LogP contribution is -2.29. The van der Waals surface area contributed by atoms with Gasteiger partial charge in [-0.15, -0.1) is 0 Å². The molecule has 0 saturated heterocycles. The van der Waals surface area contributed by atoms with Gasteiger partial charge in [0, 0.05) is 18.3 Å². The van der Waals surface area contributed by atoms with Crippen LogP contribution in [0.25, 0.3) is 0 Å². The van der Waals surface area contributed by atoms with Crippen molar-refractivity contribution in [2.75, 3.05) is 27.7 Å². The second-order valence-electron chi connectivity index (χ2n) is 5.02. The molecule has 0 aliphatic rings. The number of thiocarbonyl (C=S) groups is 1. The van der Waals surface area contributed by atoms with Crippen LogP contribution in [0.4, 0.5) is 0 Å². The van der Waals surface area contributed by atoms with E-state index in [0.717, 1.165) is 24.3 Å². The zero-order chi connectivity index (χ0) is 16.0. The quantitative estimate of drug-likeness (QED) is 0.438. The van der Waals surface area contributed by atoms with E-state index in [1.165, 1.54) is 4.90 Å². The molecule has 21 heavy (non-hydrogen) atoms. The number of nitrogens with two attached hydrogens (primary N) is 1. The average molecular weight is 312 g/mol. The lowest BCUT2D eigenvalue weighted by molar-refractivity contribution is -0.404. The third-order valence-corrected chi connectivity index (χ3v) is 2.93. The zero-order valence-corrected chi connectivity index (χ0v) is 13.2. The summed E-state index contributed by atoms with van der Waals surface area (Å²) in [6.45, 7) is 1.08. The Labute approximate surface area is 129 Å². The van der Waals surface area contributed by atoms with Gasteiger partial charge in [0.05, 0.1) is 18.0 Å². The molecule has 0 aliphatic heterocycles. The van der Waals surface area contributed by atoms with Crippen LogP contribution in [0.5, 0.6) is 0 Å². The van der Waals surface area contributed by atoms with E-state index < -0.39 is 4.92 Å². The second-order valence-corrected chi connectivity index (χ2v) is 5.59. The Morgan fingerprint density at radius 1 is 1.43 bits per heavy atom. The van der Waals surface area contributed by atoms with Crippen molar-refractivity contribution < 1.29 is 9.34 Å². The van der Waals surface area contributed by atoms with Crippen molar-refractivity contribution in [3.8, 4) is 0 Å². The van der Waals surface area contributed by atoms with Crippen molar-refractivity contribution in [2.24, 2.45) is 5.73 Å². The maximum absolute atomic E-state index is 10.4. The van der Waals surface area contributed by atoms with E-state index in [1.54, 1.807) is 7.05 Å². The fourth-order valence-corrected chi connectivity index (χ4v) is 2.06. The highest BCUT2D eigenvalue weighted by molar-refractivity contribution is 7.80. The summed E-state index contributed by atoms with van der Waals surface area (Å²) in [5.74, 6) is 1.72. The van der Waals surface area contributed by atoms with E-state index in [4.69, 9.17) is 22.4 Å². The Morgan fingerprint density at radius 2 is 2.05 bits per heavy atom. The van der Waals surface area contributed by atoms with Crippen LogP contribution in [-0.4, -0.2) is 47.3 Å². The molecule has 116 valence electrons. The van der Waals surface area contributed by atoms with Crippen molar-refractivity contribution >= 4 is 17.1 Å². The van der Waals surface area contributed by atoms with E-state index in [9.17, 15) is 10.1 Å². The summed E-state index contributed by atoms with van der Waals surface area (Å²) >= 11 is 5.28. The summed E-state index contributed by atoms with van der Waals surface area (Å²) in [4.78, 5) is 14.0. The highest BCUT2D eigenvalue weighted by atomic mass is 32.1. The Hall–Kier alpha value is -1.93. The van der Waals surface area contributed by atoms with E-state index in [-0.39, 0.29) is 5.82 Å². The van der Waals surface area contributed by atoms with Gasteiger partial charge in [-0.3, -0.25) is 10.1 Å². The fourth-order valence-electron chi connectivity index (χ4n) is 1.73. The summed E-state index contributed by atoms with van der Waals surface area (Å²) in [7, 11) is 5.58. The monoisotopic (exact) mass is 312 g/mol. The molecule has 0 saturated carbocycles. The molecule has 2 N–H and O–H groups in total. The number of hydrogen-bond donors (Lipinski definition) is 1. The molecular formula is C13H20N4O3S. The van der Waals surface area contributed by atoms with Crippen LogP contribution in [-0.2, 0) is 13.0 Å². The Kier molecular flexibility index (Phi) is 6.32. The van der Waals surface area contributed by atoms with Crippen LogP contribution >= 0.6 is 12.2 Å². The first-order chi connectivity index (χ1) is 9.77. The summed E-state index contributed by atoms with van der Waals surface area (Å²) < 4.78 is 5.67. The number of nitrogens with zero attached hydrogens (tertiary/aromatic N) is 3. The Balaban J connectivity index is 2.53. The molecule has 1 rings (SSSR count). The zero-order valence-electron chi connectivity index (χ0n) is 12.4. The molecule has 1 aromatic heterocycles. The van der Waals surface area contributed by atoms with E-state index >= 15 is 0 Å². The summed E-state index contributed by atoms with van der Waals surface area (Å²) in [6, 6.07) is 3.81. The lowest BCUT2D eigenvalue weighted by atomic mass is 10.2. The Bertz CT molecular complexity index is 539. The van der Waals surface area contributed by atoms with Gasteiger partial charge in [0.1, 0.15) is 11.5 Å². The minimum absolute atomic E-state index is 0.0649. The average Bonchev–Trinajstić information content (AvgIpc) is 2.74. The molecule has 1 aromatic rings. The SMILES string of the molecule is CN(C)Cc1ccc(CC(=S)CN(C)C(N)=C[N+](=O)[O-])o1. The summed E-state index contributed by atoms with van der Waals surface area (Å²) in [6.07, 6.45) is 1.25. The largest absolute Gasteiger partial charge is 0.464 e. The normalized spacial score (nSPS) is 11.7. The van der Waals surface area contributed by atoms with Gasteiger partial charge in [0.25, 0.3) is 6.20 Å².